The first-order chi connectivity index (χ1) is 7.61. The number of nitrogens with zero attached hydrogens (tertiary/aromatic N) is 2. The first kappa shape index (κ1) is 9.89. The molecule has 1 fully saturated rings. The van der Waals surface area contributed by atoms with Gasteiger partial charge in [-0.05, 0) is 0 Å². The van der Waals surface area contributed by atoms with Crippen molar-refractivity contribution in [3.05, 3.63) is 23.1 Å². The monoisotopic (exact) mass is 242 g/mol. The van der Waals surface area contributed by atoms with Crippen LogP contribution >= 0.6 is 11.3 Å². The molecule has 3 nitrogen and oxygen atoms in total. The molecule has 0 unspecified atom stereocenters. The van der Waals surface area contributed by atoms with E-state index in [1.807, 2.05) is 0 Å². The molecule has 0 spiro atoms. The summed E-state index contributed by atoms with van der Waals surface area (Å²) in [5.41, 5.74) is 0.470. The first-order valence-corrected chi connectivity index (χ1v) is 5.70. The number of alkyl halides is 2. The fourth-order valence-corrected chi connectivity index (χ4v) is 3.24. The lowest BCUT2D eigenvalue weighted by Crippen LogP contribution is -2.33. The predicted octanol–water partition coefficient (Wildman–Crippen LogP) is 2.72. The van der Waals surface area contributed by atoms with Gasteiger partial charge in [0.1, 0.15) is 16.9 Å². The van der Waals surface area contributed by atoms with Crippen LogP contribution in [0, 0.1) is 0 Å². The number of halogens is 2. The number of aldehydes is 1. The normalized spacial score (nSPS) is 19.9. The van der Waals surface area contributed by atoms with Crippen molar-refractivity contribution in [3.8, 4) is 0 Å². The Labute approximate surface area is 93.7 Å². The van der Waals surface area contributed by atoms with E-state index in [1.165, 1.54) is 17.7 Å². The number of fused-ring (bicyclic) bond motifs is 1. The Balaban J connectivity index is 2.04. The molecule has 1 aliphatic carbocycles. The second-order valence-corrected chi connectivity index (χ2v) is 5.09. The lowest BCUT2D eigenvalue weighted by molar-refractivity contribution is -0.0861. The third-order valence-electron chi connectivity index (χ3n) is 2.90. The molecular formula is C10H8F2N2OS. The first-order valence-electron chi connectivity index (χ1n) is 4.88. The highest BCUT2D eigenvalue weighted by Crippen LogP contribution is 2.50. The van der Waals surface area contributed by atoms with Crippen LogP contribution in [0.15, 0.2) is 12.5 Å². The van der Waals surface area contributed by atoms with Gasteiger partial charge < -0.3 is 0 Å². The Morgan fingerprint density at radius 1 is 1.56 bits per heavy atom. The molecule has 2 aromatic rings. The summed E-state index contributed by atoms with van der Waals surface area (Å²) in [6.45, 7) is 0. The molecular weight excluding hydrogens is 234 g/mol. The van der Waals surface area contributed by atoms with Crippen molar-refractivity contribution >= 4 is 22.5 Å². The Bertz CT molecular complexity index is 552. The molecule has 0 atom stereocenters. The summed E-state index contributed by atoms with van der Waals surface area (Å²) in [7, 11) is 0. The minimum atomic E-state index is -2.55. The molecule has 16 heavy (non-hydrogen) atoms. The van der Waals surface area contributed by atoms with Crippen LogP contribution in [0.25, 0.3) is 4.83 Å². The third-order valence-corrected chi connectivity index (χ3v) is 4.18. The summed E-state index contributed by atoms with van der Waals surface area (Å²) in [5.74, 6) is -2.73. The van der Waals surface area contributed by atoms with Crippen LogP contribution in [-0.4, -0.2) is 21.6 Å². The molecule has 2 heterocycles. The zero-order chi connectivity index (χ0) is 11.3. The van der Waals surface area contributed by atoms with Crippen LogP contribution in [0.2, 0.25) is 0 Å². The van der Waals surface area contributed by atoms with Gasteiger partial charge in [0.25, 0.3) is 0 Å². The van der Waals surface area contributed by atoms with Crippen molar-refractivity contribution in [2.75, 3.05) is 0 Å². The van der Waals surface area contributed by atoms with Gasteiger partial charge >= 0.3 is 0 Å². The summed E-state index contributed by atoms with van der Waals surface area (Å²) in [6, 6.07) is 0. The quantitative estimate of drug-likeness (QED) is 0.759. The highest BCUT2D eigenvalue weighted by Gasteiger charge is 2.47. The van der Waals surface area contributed by atoms with E-state index >= 15 is 0 Å². The van der Waals surface area contributed by atoms with Gasteiger partial charge in [0.2, 0.25) is 5.92 Å². The molecule has 0 saturated heterocycles. The van der Waals surface area contributed by atoms with Gasteiger partial charge in [-0.25, -0.2) is 13.8 Å². The van der Waals surface area contributed by atoms with Crippen LogP contribution in [-0.2, 0) is 0 Å². The van der Waals surface area contributed by atoms with Gasteiger partial charge in [-0.3, -0.25) is 9.20 Å². The molecule has 0 amide bonds. The van der Waals surface area contributed by atoms with Crippen molar-refractivity contribution < 1.29 is 13.6 Å². The summed E-state index contributed by atoms with van der Waals surface area (Å²) in [4.78, 5) is 16.5. The van der Waals surface area contributed by atoms with E-state index in [0.717, 1.165) is 16.0 Å². The topological polar surface area (TPSA) is 34.4 Å². The minimum absolute atomic E-state index is 0.148. The van der Waals surface area contributed by atoms with Gasteiger partial charge in [-0.2, -0.15) is 0 Å². The van der Waals surface area contributed by atoms with Gasteiger partial charge in [-0.15, -0.1) is 11.3 Å². The number of aromatic nitrogens is 2. The molecule has 84 valence electrons. The van der Waals surface area contributed by atoms with Crippen LogP contribution in [0.4, 0.5) is 8.78 Å². The van der Waals surface area contributed by atoms with Crippen molar-refractivity contribution in [1.29, 1.82) is 0 Å². The number of carbonyl (C=O) groups is 1. The Hall–Kier alpha value is -1.30. The van der Waals surface area contributed by atoms with Crippen molar-refractivity contribution in [3.63, 3.8) is 0 Å². The van der Waals surface area contributed by atoms with Crippen LogP contribution in [0.1, 0.15) is 34.1 Å². The molecule has 0 bridgehead atoms. The van der Waals surface area contributed by atoms with E-state index in [0.29, 0.717) is 5.69 Å². The number of thiazole rings is 1. The lowest BCUT2D eigenvalue weighted by Gasteiger charge is -2.34. The Kier molecular flexibility index (Phi) is 1.92. The standard InChI is InChI=1S/C10H8F2N2OS/c11-10(12)1-6(2-10)9-7(4-15)14-5-13-3-8(14)16-9/h3-6H,1-2H2. The summed E-state index contributed by atoms with van der Waals surface area (Å²) in [6.07, 6.45) is 3.60. The smallest absolute Gasteiger partial charge is 0.249 e. The average Bonchev–Trinajstić information content (AvgIpc) is 2.71. The molecule has 6 heteroatoms. The van der Waals surface area contributed by atoms with E-state index in [9.17, 15) is 13.6 Å². The largest absolute Gasteiger partial charge is 0.296 e. The van der Waals surface area contributed by atoms with Gasteiger partial charge in [0.15, 0.2) is 6.29 Å². The second kappa shape index (κ2) is 3.10. The zero-order valence-electron chi connectivity index (χ0n) is 8.19. The third kappa shape index (κ3) is 1.29. The minimum Gasteiger partial charge on any atom is -0.296 e. The van der Waals surface area contributed by atoms with E-state index in [2.05, 4.69) is 4.98 Å². The Morgan fingerprint density at radius 2 is 2.31 bits per heavy atom. The Morgan fingerprint density at radius 3 is 2.94 bits per heavy atom. The SMILES string of the molecule is O=Cc1c(C2CC(F)(F)C2)sc2cncn12. The maximum atomic E-state index is 12.8. The zero-order valence-corrected chi connectivity index (χ0v) is 9.01. The fourth-order valence-electron chi connectivity index (χ4n) is 2.08. The maximum absolute atomic E-state index is 12.8. The van der Waals surface area contributed by atoms with Crippen molar-refractivity contribution in [2.24, 2.45) is 0 Å². The average molecular weight is 242 g/mol. The molecule has 0 radical (unpaired) electrons. The number of imidazole rings is 1. The van der Waals surface area contributed by atoms with Crippen molar-refractivity contribution in [1.82, 2.24) is 9.38 Å². The number of rotatable bonds is 2. The van der Waals surface area contributed by atoms with E-state index in [-0.39, 0.29) is 18.8 Å². The van der Waals surface area contributed by atoms with Crippen molar-refractivity contribution in [2.45, 2.75) is 24.7 Å². The molecule has 1 saturated carbocycles. The maximum Gasteiger partial charge on any atom is 0.249 e. The van der Waals surface area contributed by atoms with Gasteiger partial charge in [0, 0.05) is 23.6 Å². The highest BCUT2D eigenvalue weighted by molar-refractivity contribution is 7.17. The predicted molar refractivity (Wildman–Crippen MR) is 55.4 cm³/mol. The summed E-state index contributed by atoms with van der Waals surface area (Å²) < 4.78 is 27.2. The van der Waals surface area contributed by atoms with Crippen LogP contribution < -0.4 is 0 Å². The molecule has 2 aromatic heterocycles. The van der Waals surface area contributed by atoms with Crippen LogP contribution in [0.5, 0.6) is 0 Å². The fraction of sp³-hybridized carbons (Fsp3) is 0.400. The highest BCUT2D eigenvalue weighted by atomic mass is 32.1. The molecule has 0 N–H and O–H groups in total. The molecule has 3 rings (SSSR count). The van der Waals surface area contributed by atoms with Gasteiger partial charge in [0.05, 0.1) is 6.20 Å². The number of hydrogen-bond acceptors (Lipinski definition) is 3. The van der Waals surface area contributed by atoms with E-state index in [4.69, 9.17) is 0 Å². The summed E-state index contributed by atoms with van der Waals surface area (Å²) in [5, 5.41) is 0. The molecule has 0 aromatic carbocycles. The molecule has 1 aliphatic rings. The van der Waals surface area contributed by atoms with Crippen LogP contribution in [0.3, 0.4) is 0 Å². The lowest BCUT2D eigenvalue weighted by atomic mass is 9.80. The molecule has 0 aliphatic heterocycles. The van der Waals surface area contributed by atoms with Gasteiger partial charge in [-0.1, -0.05) is 0 Å². The second-order valence-electron chi connectivity index (χ2n) is 4.03. The number of carbonyl (C=O) groups excluding carboxylic acids is 1. The van der Waals surface area contributed by atoms with E-state index < -0.39 is 5.92 Å². The summed E-state index contributed by atoms with van der Waals surface area (Å²) >= 11 is 1.38. The van der Waals surface area contributed by atoms with E-state index in [1.54, 1.807) is 10.6 Å². The number of hydrogen-bond donors (Lipinski definition) is 0.